The van der Waals surface area contributed by atoms with Crippen molar-refractivity contribution in [2.45, 2.75) is 32.2 Å². The van der Waals surface area contributed by atoms with Crippen LogP contribution in [0.5, 0.6) is 11.5 Å². The first-order chi connectivity index (χ1) is 9.74. The van der Waals surface area contributed by atoms with Gasteiger partial charge in [0.25, 0.3) is 0 Å². The molecule has 1 fully saturated rings. The molecule has 0 N–H and O–H groups in total. The zero-order valence-electron chi connectivity index (χ0n) is 12.3. The second-order valence-electron chi connectivity index (χ2n) is 5.26. The molecule has 0 aromatic heterocycles. The van der Waals surface area contributed by atoms with E-state index in [4.69, 9.17) is 9.47 Å². The van der Waals surface area contributed by atoms with Gasteiger partial charge in [0.05, 0.1) is 7.11 Å². The van der Waals surface area contributed by atoms with E-state index in [0.29, 0.717) is 29.7 Å². The minimum Gasteiger partial charge on any atom is -0.493 e. The summed E-state index contributed by atoms with van der Waals surface area (Å²) in [5.74, 6) is 1.31. The van der Waals surface area contributed by atoms with Crippen LogP contribution in [0, 0.1) is 0 Å². The van der Waals surface area contributed by atoms with Crippen LogP contribution in [0.1, 0.15) is 36.5 Å². The number of nitrogens with zero attached hydrogens (tertiary/aromatic N) is 1. The molecule has 0 amide bonds. The molecule has 1 aliphatic rings. The van der Waals surface area contributed by atoms with E-state index in [1.165, 1.54) is 19.3 Å². The lowest BCUT2D eigenvalue weighted by atomic mass is 10.0. The van der Waals surface area contributed by atoms with Gasteiger partial charge in [-0.1, -0.05) is 6.42 Å². The van der Waals surface area contributed by atoms with Gasteiger partial charge in [-0.15, -0.1) is 0 Å². The summed E-state index contributed by atoms with van der Waals surface area (Å²) in [4.78, 5) is 13.2. The summed E-state index contributed by atoms with van der Waals surface area (Å²) in [6.07, 6.45) is 4.69. The van der Waals surface area contributed by atoms with Crippen LogP contribution < -0.4 is 9.47 Å². The predicted octanol–water partition coefficient (Wildman–Crippen LogP) is 2.76. The van der Waals surface area contributed by atoms with Gasteiger partial charge < -0.3 is 9.47 Å². The van der Waals surface area contributed by atoms with Crippen LogP contribution >= 0.6 is 0 Å². The van der Waals surface area contributed by atoms with E-state index in [1.807, 2.05) is 0 Å². The van der Waals surface area contributed by atoms with E-state index >= 15 is 0 Å². The maximum atomic E-state index is 10.7. The normalized spacial score (nSPS) is 19.6. The predicted molar refractivity (Wildman–Crippen MR) is 78.8 cm³/mol. The molecule has 0 aliphatic carbocycles. The first kappa shape index (κ1) is 14.9. The third kappa shape index (κ3) is 3.73. The summed E-state index contributed by atoms with van der Waals surface area (Å²) in [6, 6.07) is 5.88. The number of hydrogen-bond acceptors (Lipinski definition) is 4. The molecule has 1 aromatic carbocycles. The minimum absolute atomic E-state index is 0.596. The van der Waals surface area contributed by atoms with Crippen molar-refractivity contribution in [1.82, 2.24) is 4.90 Å². The maximum absolute atomic E-state index is 10.7. The van der Waals surface area contributed by atoms with Crippen LogP contribution in [0.3, 0.4) is 0 Å². The molecule has 0 radical (unpaired) electrons. The van der Waals surface area contributed by atoms with Crippen LogP contribution in [0.25, 0.3) is 0 Å². The maximum Gasteiger partial charge on any atom is 0.161 e. The number of carbonyl (C=O) groups is 1. The van der Waals surface area contributed by atoms with Gasteiger partial charge in [0, 0.05) is 18.2 Å². The SMILES string of the molecule is COc1cc(C=O)ccc1OCCN1CCCC[C@@H]1C. The van der Waals surface area contributed by atoms with E-state index in [0.717, 1.165) is 19.4 Å². The van der Waals surface area contributed by atoms with E-state index in [9.17, 15) is 4.79 Å². The molecule has 1 aliphatic heterocycles. The number of aldehydes is 1. The van der Waals surface area contributed by atoms with Gasteiger partial charge in [-0.25, -0.2) is 0 Å². The Morgan fingerprint density at radius 1 is 1.35 bits per heavy atom. The van der Waals surface area contributed by atoms with Crippen LogP contribution in [0.4, 0.5) is 0 Å². The topological polar surface area (TPSA) is 38.8 Å². The Balaban J connectivity index is 1.88. The molecular weight excluding hydrogens is 254 g/mol. The fraction of sp³-hybridized carbons (Fsp3) is 0.562. The molecule has 1 atom stereocenters. The van der Waals surface area contributed by atoms with Gasteiger partial charge in [0.1, 0.15) is 12.9 Å². The Hall–Kier alpha value is -1.55. The molecule has 0 bridgehead atoms. The Bertz CT molecular complexity index is 447. The highest BCUT2D eigenvalue weighted by Crippen LogP contribution is 2.27. The highest BCUT2D eigenvalue weighted by Gasteiger charge is 2.17. The summed E-state index contributed by atoms with van der Waals surface area (Å²) in [6.45, 7) is 5.01. The van der Waals surface area contributed by atoms with Crippen molar-refractivity contribution in [3.63, 3.8) is 0 Å². The van der Waals surface area contributed by atoms with Gasteiger partial charge in [-0.2, -0.15) is 0 Å². The molecule has 1 saturated heterocycles. The molecule has 0 saturated carbocycles. The lowest BCUT2D eigenvalue weighted by molar-refractivity contribution is 0.112. The quantitative estimate of drug-likeness (QED) is 0.749. The minimum atomic E-state index is 0.596. The molecule has 4 nitrogen and oxygen atoms in total. The van der Waals surface area contributed by atoms with Crippen molar-refractivity contribution in [1.29, 1.82) is 0 Å². The van der Waals surface area contributed by atoms with Crippen molar-refractivity contribution in [2.24, 2.45) is 0 Å². The second-order valence-corrected chi connectivity index (χ2v) is 5.26. The van der Waals surface area contributed by atoms with Crippen LogP contribution in [0.2, 0.25) is 0 Å². The summed E-state index contributed by atoms with van der Waals surface area (Å²) in [7, 11) is 1.59. The van der Waals surface area contributed by atoms with Crippen molar-refractivity contribution in [3.05, 3.63) is 23.8 Å². The Kier molecular flexibility index (Phi) is 5.41. The summed E-state index contributed by atoms with van der Waals surface area (Å²) in [5.41, 5.74) is 0.596. The van der Waals surface area contributed by atoms with Gasteiger partial charge >= 0.3 is 0 Å². The van der Waals surface area contributed by atoms with Crippen molar-refractivity contribution in [2.75, 3.05) is 26.8 Å². The molecule has 20 heavy (non-hydrogen) atoms. The molecule has 4 heteroatoms. The van der Waals surface area contributed by atoms with Crippen molar-refractivity contribution >= 4 is 6.29 Å². The number of piperidine rings is 1. The first-order valence-corrected chi connectivity index (χ1v) is 7.24. The van der Waals surface area contributed by atoms with E-state index in [2.05, 4.69) is 11.8 Å². The fourth-order valence-corrected chi connectivity index (χ4v) is 2.64. The number of benzene rings is 1. The molecule has 1 aromatic rings. The smallest absolute Gasteiger partial charge is 0.161 e. The summed E-state index contributed by atoms with van der Waals surface area (Å²) < 4.78 is 11.0. The fourth-order valence-electron chi connectivity index (χ4n) is 2.64. The standard InChI is InChI=1S/C16H23NO3/c1-13-5-3-4-8-17(13)9-10-20-15-7-6-14(12-18)11-16(15)19-2/h6-7,11-13H,3-5,8-10H2,1-2H3/t13-/m0/s1. The van der Waals surface area contributed by atoms with Gasteiger partial charge in [-0.3, -0.25) is 9.69 Å². The van der Waals surface area contributed by atoms with Crippen LogP contribution in [-0.4, -0.2) is 44.0 Å². The Morgan fingerprint density at radius 3 is 2.90 bits per heavy atom. The largest absolute Gasteiger partial charge is 0.493 e. The van der Waals surface area contributed by atoms with Gasteiger partial charge in [-0.05, 0) is 44.5 Å². The zero-order valence-corrected chi connectivity index (χ0v) is 12.3. The summed E-state index contributed by atoms with van der Waals surface area (Å²) >= 11 is 0. The number of ether oxygens (including phenoxy) is 2. The number of methoxy groups -OCH3 is 1. The number of likely N-dealkylation sites (tertiary alicyclic amines) is 1. The Morgan fingerprint density at radius 2 is 2.20 bits per heavy atom. The molecule has 2 rings (SSSR count). The molecule has 110 valence electrons. The second kappa shape index (κ2) is 7.29. The van der Waals surface area contributed by atoms with E-state index in [-0.39, 0.29) is 0 Å². The van der Waals surface area contributed by atoms with Crippen molar-refractivity contribution < 1.29 is 14.3 Å². The molecule has 0 unspecified atom stereocenters. The summed E-state index contributed by atoms with van der Waals surface area (Å²) in [5, 5.41) is 0. The number of hydrogen-bond donors (Lipinski definition) is 0. The van der Waals surface area contributed by atoms with Crippen molar-refractivity contribution in [3.8, 4) is 11.5 Å². The molecule has 1 heterocycles. The highest BCUT2D eigenvalue weighted by atomic mass is 16.5. The van der Waals surface area contributed by atoms with Crippen LogP contribution in [0.15, 0.2) is 18.2 Å². The lowest BCUT2D eigenvalue weighted by Crippen LogP contribution is -2.39. The van der Waals surface area contributed by atoms with E-state index < -0.39 is 0 Å². The van der Waals surface area contributed by atoms with Gasteiger partial charge in [0.2, 0.25) is 0 Å². The third-order valence-electron chi connectivity index (χ3n) is 3.90. The average Bonchev–Trinajstić information content (AvgIpc) is 2.49. The van der Waals surface area contributed by atoms with Gasteiger partial charge in [0.15, 0.2) is 11.5 Å². The van der Waals surface area contributed by atoms with Crippen LogP contribution in [-0.2, 0) is 0 Å². The van der Waals surface area contributed by atoms with E-state index in [1.54, 1.807) is 25.3 Å². The Labute approximate surface area is 120 Å². The number of carbonyl (C=O) groups excluding carboxylic acids is 1. The lowest BCUT2D eigenvalue weighted by Gasteiger charge is -2.33. The zero-order chi connectivity index (χ0) is 14.4. The molecular formula is C16H23NO3. The third-order valence-corrected chi connectivity index (χ3v) is 3.90. The number of rotatable bonds is 6. The monoisotopic (exact) mass is 277 g/mol. The highest BCUT2D eigenvalue weighted by molar-refractivity contribution is 5.76. The average molecular weight is 277 g/mol. The molecule has 0 spiro atoms. The first-order valence-electron chi connectivity index (χ1n) is 7.24.